The highest BCUT2D eigenvalue weighted by Crippen LogP contribution is 2.33. The number of allylic oxidation sites excluding steroid dienone is 1. The van der Waals surface area contributed by atoms with Crippen LogP contribution in [0, 0.1) is 6.20 Å². The van der Waals surface area contributed by atoms with Gasteiger partial charge in [0.2, 0.25) is 0 Å². The van der Waals surface area contributed by atoms with Gasteiger partial charge in [-0.3, -0.25) is 0 Å². The fourth-order valence-corrected chi connectivity index (χ4v) is 2.72. The highest BCUT2D eigenvalue weighted by Gasteiger charge is 2.19. The molecule has 0 amide bonds. The molecule has 1 aromatic heterocycles. The van der Waals surface area contributed by atoms with Gasteiger partial charge in [-0.25, -0.2) is 0 Å². The Hall–Kier alpha value is -2.28. The zero-order valence-corrected chi connectivity index (χ0v) is 9.88. The van der Waals surface area contributed by atoms with Gasteiger partial charge in [-0.1, -0.05) is 54.6 Å². The number of hydrogen-bond acceptors (Lipinski definition) is 0. The molecule has 4 rings (SSSR count). The van der Waals surface area contributed by atoms with E-state index in [-0.39, 0.29) is 6.04 Å². The van der Waals surface area contributed by atoms with Crippen LogP contribution in [0.25, 0.3) is 17.0 Å². The average Bonchev–Trinajstić information content (AvgIpc) is 3.01. The number of hydrogen-bond donors (Lipinski definition) is 0. The Kier molecular flexibility index (Phi) is 1.95. The van der Waals surface area contributed by atoms with Gasteiger partial charge in [0.15, 0.2) is 0 Å². The van der Waals surface area contributed by atoms with Gasteiger partial charge >= 0.3 is 0 Å². The fourth-order valence-electron chi connectivity index (χ4n) is 2.72. The lowest BCUT2D eigenvalue weighted by molar-refractivity contribution is 0.735. The van der Waals surface area contributed by atoms with Crippen molar-refractivity contribution >= 4 is 17.0 Å². The predicted molar refractivity (Wildman–Crippen MR) is 74.4 cm³/mol. The number of aromatic nitrogens is 1. The van der Waals surface area contributed by atoms with Crippen molar-refractivity contribution < 1.29 is 0 Å². The minimum absolute atomic E-state index is 0.279. The molecule has 0 fully saturated rings. The zero-order valence-electron chi connectivity index (χ0n) is 9.88. The Labute approximate surface area is 106 Å². The smallest absolute Gasteiger partial charge is 0.0785 e. The molecule has 0 saturated carbocycles. The van der Waals surface area contributed by atoms with Crippen LogP contribution in [0.15, 0.2) is 60.7 Å². The van der Waals surface area contributed by atoms with E-state index in [2.05, 4.69) is 77.5 Å². The molecule has 0 bridgehead atoms. The quantitative estimate of drug-likeness (QED) is 0.594. The number of benzene rings is 2. The maximum atomic E-state index is 3.36. The largest absolute Gasteiger partial charge is 0.328 e. The number of rotatable bonds is 1. The Morgan fingerprint density at radius 1 is 0.944 bits per heavy atom. The summed E-state index contributed by atoms with van der Waals surface area (Å²) in [5.41, 5.74) is 3.91. The van der Waals surface area contributed by atoms with Crippen LogP contribution in [-0.2, 0) is 0 Å². The second-order valence-electron chi connectivity index (χ2n) is 4.64. The van der Waals surface area contributed by atoms with Crippen LogP contribution < -0.4 is 0 Å². The predicted octanol–water partition coefficient (Wildman–Crippen LogP) is 4.06. The van der Waals surface area contributed by atoms with Gasteiger partial charge in [0.05, 0.1) is 12.2 Å². The fraction of sp³-hybridized carbons (Fsp3) is 0.0588. The normalized spacial score (nSPS) is 17.2. The highest BCUT2D eigenvalue weighted by atomic mass is 15.0. The Bertz CT molecular complexity index is 749. The van der Waals surface area contributed by atoms with Crippen LogP contribution in [0.4, 0.5) is 0 Å². The molecule has 1 unspecified atom stereocenters. The van der Waals surface area contributed by atoms with Gasteiger partial charge in [-0.2, -0.15) is 0 Å². The third-order valence-corrected chi connectivity index (χ3v) is 3.61. The van der Waals surface area contributed by atoms with Gasteiger partial charge in [0.1, 0.15) is 0 Å². The van der Waals surface area contributed by atoms with Crippen molar-refractivity contribution in [3.8, 4) is 0 Å². The van der Waals surface area contributed by atoms with E-state index < -0.39 is 0 Å². The molecule has 0 spiro atoms. The first-order valence-corrected chi connectivity index (χ1v) is 6.18. The van der Waals surface area contributed by atoms with Gasteiger partial charge in [0, 0.05) is 10.9 Å². The molecule has 1 aliphatic rings. The summed E-state index contributed by atoms with van der Waals surface area (Å²) in [4.78, 5) is 0. The van der Waals surface area contributed by atoms with E-state index in [4.69, 9.17) is 0 Å². The van der Waals surface area contributed by atoms with Crippen LogP contribution in [-0.4, -0.2) is 4.57 Å². The molecule has 85 valence electrons. The van der Waals surface area contributed by atoms with Crippen LogP contribution in [0.1, 0.15) is 17.2 Å². The summed E-state index contributed by atoms with van der Waals surface area (Å²) in [6, 6.07) is 19.3. The molecule has 2 aromatic carbocycles. The molecule has 1 aliphatic carbocycles. The van der Waals surface area contributed by atoms with Crippen LogP contribution in [0.2, 0.25) is 0 Å². The molecule has 0 N–H and O–H groups in total. The van der Waals surface area contributed by atoms with E-state index in [1.807, 2.05) is 0 Å². The van der Waals surface area contributed by atoms with Crippen molar-refractivity contribution in [2.45, 2.75) is 6.04 Å². The van der Waals surface area contributed by atoms with Crippen molar-refractivity contribution in [1.82, 2.24) is 4.57 Å². The lowest BCUT2D eigenvalue weighted by atomic mass is 10.1. The molecule has 18 heavy (non-hydrogen) atoms. The Balaban J connectivity index is 1.93. The summed E-state index contributed by atoms with van der Waals surface area (Å²) in [6.07, 6.45) is 7.80. The van der Waals surface area contributed by atoms with E-state index in [0.29, 0.717) is 0 Å². The van der Waals surface area contributed by atoms with Gasteiger partial charge in [-0.15, -0.1) is 0 Å². The van der Waals surface area contributed by atoms with Crippen LogP contribution in [0.5, 0.6) is 0 Å². The summed E-state index contributed by atoms with van der Waals surface area (Å²) in [7, 11) is 0. The van der Waals surface area contributed by atoms with E-state index in [9.17, 15) is 0 Å². The second kappa shape index (κ2) is 3.61. The van der Waals surface area contributed by atoms with Crippen LogP contribution >= 0.6 is 0 Å². The number of nitrogens with zero attached hydrogens (tertiary/aromatic N) is 1. The molecule has 1 nitrogen and oxygen atoms in total. The second-order valence-corrected chi connectivity index (χ2v) is 4.64. The molecule has 1 heteroatoms. The number of fused-ring (bicyclic) bond motifs is 2. The molecule has 0 aliphatic heterocycles. The maximum absolute atomic E-state index is 3.36. The summed E-state index contributed by atoms with van der Waals surface area (Å²) < 4.78 is 2.22. The van der Waals surface area contributed by atoms with Crippen molar-refractivity contribution in [3.05, 3.63) is 78.0 Å². The van der Waals surface area contributed by atoms with Crippen molar-refractivity contribution in [3.63, 3.8) is 0 Å². The van der Waals surface area contributed by atoms with E-state index in [0.717, 1.165) is 0 Å². The molecular formula is C17H12N. The standard InChI is InChI=1S/C17H12N/c1-3-7-15-13(5-1)9-10-17(15)18-12-11-14-6-2-4-8-16(14)18/h1-11,17H. The zero-order chi connectivity index (χ0) is 11.9. The van der Waals surface area contributed by atoms with Crippen LogP contribution in [0.3, 0.4) is 0 Å². The first-order chi connectivity index (χ1) is 8.93. The highest BCUT2D eigenvalue weighted by molar-refractivity contribution is 5.80. The topological polar surface area (TPSA) is 4.93 Å². The minimum Gasteiger partial charge on any atom is -0.328 e. The molecule has 1 atom stereocenters. The molecule has 3 aromatic rings. The number of para-hydroxylation sites is 1. The van der Waals surface area contributed by atoms with E-state index in [1.54, 1.807) is 0 Å². The van der Waals surface area contributed by atoms with Crippen molar-refractivity contribution in [1.29, 1.82) is 0 Å². The lowest BCUT2D eigenvalue weighted by Crippen LogP contribution is -2.05. The van der Waals surface area contributed by atoms with Gasteiger partial charge < -0.3 is 4.57 Å². The first-order valence-electron chi connectivity index (χ1n) is 6.18. The Morgan fingerprint density at radius 3 is 2.78 bits per heavy atom. The average molecular weight is 230 g/mol. The van der Waals surface area contributed by atoms with Gasteiger partial charge in [0.25, 0.3) is 0 Å². The summed E-state index contributed by atoms with van der Waals surface area (Å²) in [6.45, 7) is 0. The molecule has 0 saturated heterocycles. The molecule has 1 radical (unpaired) electrons. The summed E-state index contributed by atoms with van der Waals surface area (Å²) >= 11 is 0. The Morgan fingerprint density at radius 2 is 1.78 bits per heavy atom. The van der Waals surface area contributed by atoms with Crippen molar-refractivity contribution in [2.75, 3.05) is 0 Å². The summed E-state index contributed by atoms with van der Waals surface area (Å²) in [5.74, 6) is 0. The van der Waals surface area contributed by atoms with Crippen molar-refractivity contribution in [2.24, 2.45) is 0 Å². The maximum Gasteiger partial charge on any atom is 0.0785 e. The molecular weight excluding hydrogens is 218 g/mol. The first kappa shape index (κ1) is 9.72. The van der Waals surface area contributed by atoms with Gasteiger partial charge in [-0.05, 0) is 23.3 Å². The van der Waals surface area contributed by atoms with E-state index >= 15 is 0 Å². The SMILES string of the molecule is [c]1cc2ccccc2n1C1C=Cc2ccccc21. The monoisotopic (exact) mass is 230 g/mol. The lowest BCUT2D eigenvalue weighted by Gasteiger charge is -2.14. The molecule has 1 heterocycles. The third-order valence-electron chi connectivity index (χ3n) is 3.61. The van der Waals surface area contributed by atoms with E-state index in [1.165, 1.54) is 22.0 Å². The third kappa shape index (κ3) is 1.28. The summed E-state index contributed by atoms with van der Waals surface area (Å²) in [5, 5.41) is 1.25. The minimum atomic E-state index is 0.279.